The fraction of sp³-hybridized carbons (Fsp3) is 0.500. The van der Waals surface area contributed by atoms with Crippen LogP contribution < -0.4 is 5.17 Å². The molecule has 7 nitrogen and oxygen atoms in total. The molecule has 0 radical (unpaired) electrons. The Morgan fingerprint density at radius 3 is 3.13 bits per heavy atom. The molecule has 0 unspecified atom stereocenters. The van der Waals surface area contributed by atoms with E-state index in [0.717, 1.165) is 5.65 Å². The van der Waals surface area contributed by atoms with E-state index in [4.69, 9.17) is 9.94 Å². The lowest BCUT2D eigenvalue weighted by Gasteiger charge is -2.22. The van der Waals surface area contributed by atoms with Crippen LogP contribution in [-0.2, 0) is 4.84 Å². The van der Waals surface area contributed by atoms with Crippen molar-refractivity contribution in [1.29, 1.82) is 0 Å². The van der Waals surface area contributed by atoms with E-state index in [9.17, 15) is 0 Å². The first-order valence-electron chi connectivity index (χ1n) is 4.75. The van der Waals surface area contributed by atoms with E-state index in [0.29, 0.717) is 13.2 Å². The highest BCUT2D eigenvalue weighted by Crippen LogP contribution is 2.02. The first-order chi connectivity index (χ1) is 7.36. The van der Waals surface area contributed by atoms with Crippen LogP contribution in [0, 0.1) is 0 Å². The number of nitrogens with zero attached hydrogens (tertiary/aromatic N) is 5. The summed E-state index contributed by atoms with van der Waals surface area (Å²) in [4.78, 5) is 5.36. The second kappa shape index (κ2) is 4.28. The molecule has 7 heteroatoms. The minimum absolute atomic E-state index is 0.0124. The van der Waals surface area contributed by atoms with Crippen LogP contribution in [0.4, 0.5) is 0 Å². The van der Waals surface area contributed by atoms with E-state index in [1.54, 1.807) is 22.4 Å². The molecule has 0 spiro atoms. The summed E-state index contributed by atoms with van der Waals surface area (Å²) in [6.45, 7) is 2.80. The van der Waals surface area contributed by atoms with Crippen molar-refractivity contribution in [3.63, 3.8) is 0 Å². The molecule has 1 N–H and O–H groups in total. The smallest absolute Gasteiger partial charge is 0.178 e. The number of fused-ring (bicyclic) bond motifs is 1. The van der Waals surface area contributed by atoms with Crippen LogP contribution >= 0.6 is 0 Å². The maximum Gasteiger partial charge on any atom is 0.178 e. The van der Waals surface area contributed by atoms with Gasteiger partial charge in [0.25, 0.3) is 0 Å². The van der Waals surface area contributed by atoms with Crippen LogP contribution in [0.5, 0.6) is 0 Å². The Balaban J connectivity index is 2.29. The molecular weight excluding hydrogens is 198 g/mol. The summed E-state index contributed by atoms with van der Waals surface area (Å²) in [7, 11) is 0. The standard InChI is InChI=1S/C8H13N5O2/c1-2-15-12(5-6-14)11-7-10-13-8(11)3-4-9-13/h3-4,7,14H,2,5-6H2,1H3. The van der Waals surface area contributed by atoms with Gasteiger partial charge in [0, 0.05) is 6.07 Å². The monoisotopic (exact) mass is 211 g/mol. The van der Waals surface area contributed by atoms with Crippen LogP contribution in [0.25, 0.3) is 5.65 Å². The Labute approximate surface area is 86.4 Å². The van der Waals surface area contributed by atoms with E-state index in [1.807, 2.05) is 13.0 Å². The minimum atomic E-state index is 0.0124. The van der Waals surface area contributed by atoms with Gasteiger partial charge in [0.05, 0.1) is 26.0 Å². The molecule has 82 valence electrons. The molecule has 0 amide bonds. The molecule has 0 atom stereocenters. The highest BCUT2D eigenvalue weighted by atomic mass is 16.7. The van der Waals surface area contributed by atoms with Crippen LogP contribution in [-0.4, -0.2) is 44.4 Å². The lowest BCUT2D eigenvalue weighted by atomic mass is 10.7. The largest absolute Gasteiger partial charge is 0.394 e. The maximum atomic E-state index is 8.91. The fourth-order valence-electron chi connectivity index (χ4n) is 1.34. The number of hydroxylamine groups is 1. The SMILES string of the molecule is CCON(CCO)n1cnn2nccc12. The second-order valence-electron chi connectivity index (χ2n) is 2.87. The predicted octanol–water partition coefficient (Wildman–Crippen LogP) is -0.587. The third kappa shape index (κ3) is 1.79. The number of hydrogen-bond acceptors (Lipinski definition) is 5. The summed E-state index contributed by atoms with van der Waals surface area (Å²) in [6.07, 6.45) is 3.25. The zero-order valence-electron chi connectivity index (χ0n) is 8.44. The zero-order chi connectivity index (χ0) is 10.7. The second-order valence-corrected chi connectivity index (χ2v) is 2.87. The van der Waals surface area contributed by atoms with Crippen molar-refractivity contribution in [3.05, 3.63) is 18.6 Å². The van der Waals surface area contributed by atoms with Gasteiger partial charge in [-0.15, -0.1) is 9.73 Å². The van der Waals surface area contributed by atoms with E-state index >= 15 is 0 Å². The van der Waals surface area contributed by atoms with Crippen molar-refractivity contribution in [3.8, 4) is 0 Å². The first kappa shape index (κ1) is 9.94. The summed E-state index contributed by atoms with van der Waals surface area (Å²) < 4.78 is 3.19. The number of aliphatic hydroxyl groups excluding tert-OH is 1. The third-order valence-corrected chi connectivity index (χ3v) is 1.92. The zero-order valence-corrected chi connectivity index (χ0v) is 8.44. The quantitative estimate of drug-likeness (QED) is 0.670. The van der Waals surface area contributed by atoms with E-state index in [2.05, 4.69) is 10.2 Å². The van der Waals surface area contributed by atoms with Crippen molar-refractivity contribution < 1.29 is 9.94 Å². The Hall–Kier alpha value is -1.60. The predicted molar refractivity (Wildman–Crippen MR) is 52.8 cm³/mol. The van der Waals surface area contributed by atoms with Crippen LogP contribution in [0.1, 0.15) is 6.92 Å². The van der Waals surface area contributed by atoms with Crippen molar-refractivity contribution in [2.24, 2.45) is 0 Å². The molecule has 0 bridgehead atoms. The lowest BCUT2D eigenvalue weighted by Crippen LogP contribution is -2.36. The van der Waals surface area contributed by atoms with Gasteiger partial charge < -0.3 is 5.11 Å². The third-order valence-electron chi connectivity index (χ3n) is 1.92. The van der Waals surface area contributed by atoms with Gasteiger partial charge in [0.2, 0.25) is 0 Å². The molecule has 2 aromatic heterocycles. The topological polar surface area (TPSA) is 67.8 Å². The number of hydrogen-bond donors (Lipinski definition) is 1. The lowest BCUT2D eigenvalue weighted by molar-refractivity contribution is 0.0568. The summed E-state index contributed by atoms with van der Waals surface area (Å²) in [5.74, 6) is 0. The average molecular weight is 211 g/mol. The summed E-state index contributed by atoms with van der Waals surface area (Å²) in [5, 5.41) is 18.5. The Morgan fingerprint density at radius 2 is 2.40 bits per heavy atom. The summed E-state index contributed by atoms with van der Waals surface area (Å²) >= 11 is 0. The normalized spacial score (nSPS) is 11.1. The maximum absolute atomic E-state index is 8.91. The van der Waals surface area contributed by atoms with Gasteiger partial charge in [-0.25, -0.2) is 4.68 Å². The molecule has 0 fully saturated rings. The van der Waals surface area contributed by atoms with Crippen molar-refractivity contribution >= 4 is 5.65 Å². The number of rotatable bonds is 5. The van der Waals surface area contributed by atoms with Gasteiger partial charge in [-0.2, -0.15) is 10.3 Å². The number of aromatic nitrogens is 4. The van der Waals surface area contributed by atoms with E-state index in [1.165, 1.54) is 4.63 Å². The fourth-order valence-corrected chi connectivity index (χ4v) is 1.34. The summed E-state index contributed by atoms with van der Waals surface area (Å²) in [5.41, 5.74) is 0.789. The van der Waals surface area contributed by atoms with Gasteiger partial charge in [0.15, 0.2) is 5.65 Å². The van der Waals surface area contributed by atoms with Gasteiger partial charge in [-0.1, -0.05) is 0 Å². The van der Waals surface area contributed by atoms with Gasteiger partial charge in [0.1, 0.15) is 6.33 Å². The first-order valence-corrected chi connectivity index (χ1v) is 4.75. The van der Waals surface area contributed by atoms with Gasteiger partial charge >= 0.3 is 0 Å². The average Bonchev–Trinajstić information content (AvgIpc) is 2.78. The van der Waals surface area contributed by atoms with Crippen LogP contribution in [0.15, 0.2) is 18.6 Å². The molecule has 0 saturated heterocycles. The minimum Gasteiger partial charge on any atom is -0.394 e. The van der Waals surface area contributed by atoms with E-state index in [-0.39, 0.29) is 6.61 Å². The van der Waals surface area contributed by atoms with Crippen LogP contribution in [0.2, 0.25) is 0 Å². The molecule has 0 aliphatic heterocycles. The molecule has 0 aliphatic carbocycles. The van der Waals surface area contributed by atoms with Gasteiger partial charge in [-0.05, 0) is 6.92 Å². The van der Waals surface area contributed by atoms with E-state index < -0.39 is 0 Å². The summed E-state index contributed by atoms with van der Waals surface area (Å²) in [6, 6.07) is 1.82. The van der Waals surface area contributed by atoms with Crippen molar-refractivity contribution in [1.82, 2.24) is 19.5 Å². The molecule has 0 aliphatic rings. The Kier molecular flexibility index (Phi) is 2.84. The molecule has 2 rings (SSSR count). The van der Waals surface area contributed by atoms with Crippen LogP contribution in [0.3, 0.4) is 0 Å². The Bertz CT molecular complexity index is 417. The molecule has 15 heavy (non-hydrogen) atoms. The number of aliphatic hydroxyl groups is 1. The highest BCUT2D eigenvalue weighted by Gasteiger charge is 2.10. The van der Waals surface area contributed by atoms with Crippen molar-refractivity contribution in [2.75, 3.05) is 24.9 Å². The molecule has 2 heterocycles. The highest BCUT2D eigenvalue weighted by molar-refractivity contribution is 5.36. The molecular formula is C8H13N5O2. The Morgan fingerprint density at radius 1 is 1.53 bits per heavy atom. The van der Waals surface area contributed by atoms with Crippen molar-refractivity contribution in [2.45, 2.75) is 6.92 Å². The molecule has 0 saturated carbocycles. The molecule has 2 aromatic rings. The molecule has 0 aromatic carbocycles. The van der Waals surface area contributed by atoms with Gasteiger partial charge in [-0.3, -0.25) is 4.84 Å².